The van der Waals surface area contributed by atoms with E-state index >= 15 is 0 Å². The smallest absolute Gasteiger partial charge is 0.337 e. The number of anilines is 1. The summed E-state index contributed by atoms with van der Waals surface area (Å²) in [6.45, 7) is 1.73. The standard InChI is InChI=1S/C18H15N3O5S/c1-10-6-11-2-3-12(8-14(11)17(7-10)27(24,25)26)20-21-13-4-5-16(19)15(9-13)18(22)23/h2-9H,19H2,1H3,(H,22,23)(H,24,25,26). The number of fused-ring (bicyclic) bond motifs is 1. The molecule has 0 aliphatic rings. The molecule has 9 heteroatoms. The molecule has 3 aromatic rings. The Morgan fingerprint density at radius 1 is 1.00 bits per heavy atom. The van der Waals surface area contributed by atoms with E-state index < -0.39 is 16.1 Å². The number of azo groups is 1. The molecule has 3 aromatic carbocycles. The van der Waals surface area contributed by atoms with Gasteiger partial charge in [-0.05, 0) is 54.3 Å². The van der Waals surface area contributed by atoms with E-state index in [-0.39, 0.29) is 21.8 Å². The third-order valence-corrected chi connectivity index (χ3v) is 4.76. The Kier molecular flexibility index (Phi) is 4.64. The van der Waals surface area contributed by atoms with Crippen molar-refractivity contribution in [3.63, 3.8) is 0 Å². The molecule has 0 aliphatic heterocycles. The second-order valence-corrected chi connectivity index (χ2v) is 7.31. The summed E-state index contributed by atoms with van der Waals surface area (Å²) in [6, 6.07) is 12.1. The van der Waals surface area contributed by atoms with Gasteiger partial charge in [-0.25, -0.2) is 4.79 Å². The Morgan fingerprint density at radius 3 is 2.26 bits per heavy atom. The third-order valence-electron chi connectivity index (χ3n) is 3.87. The molecular formula is C18H15N3O5S. The molecule has 0 bridgehead atoms. The molecule has 0 heterocycles. The molecule has 0 amide bonds. The molecule has 0 spiro atoms. The third kappa shape index (κ3) is 3.94. The summed E-state index contributed by atoms with van der Waals surface area (Å²) >= 11 is 0. The van der Waals surface area contributed by atoms with Crippen molar-refractivity contribution in [2.75, 3.05) is 5.73 Å². The zero-order chi connectivity index (χ0) is 19.8. The summed E-state index contributed by atoms with van der Waals surface area (Å²) in [5.41, 5.74) is 6.92. The normalized spacial score (nSPS) is 11.9. The average Bonchev–Trinajstić information content (AvgIpc) is 2.59. The molecule has 0 aliphatic carbocycles. The van der Waals surface area contributed by atoms with E-state index in [0.717, 1.165) is 0 Å². The number of benzene rings is 3. The van der Waals surface area contributed by atoms with Crippen molar-refractivity contribution in [3.8, 4) is 0 Å². The highest BCUT2D eigenvalue weighted by Crippen LogP contribution is 2.30. The maximum absolute atomic E-state index is 11.7. The van der Waals surface area contributed by atoms with Crippen LogP contribution in [0.2, 0.25) is 0 Å². The van der Waals surface area contributed by atoms with E-state index in [4.69, 9.17) is 10.8 Å². The van der Waals surface area contributed by atoms with Crippen LogP contribution in [0.4, 0.5) is 17.1 Å². The number of nitrogen functional groups attached to an aromatic ring is 1. The number of nitrogens with zero attached hydrogens (tertiary/aromatic N) is 2. The fourth-order valence-electron chi connectivity index (χ4n) is 2.64. The SMILES string of the molecule is Cc1cc(S(=O)(=O)O)c2cc(N=Nc3ccc(N)c(C(=O)O)c3)ccc2c1. The molecule has 0 aromatic heterocycles. The number of hydrogen-bond acceptors (Lipinski definition) is 6. The topological polar surface area (TPSA) is 142 Å². The van der Waals surface area contributed by atoms with Crippen LogP contribution in [-0.2, 0) is 10.1 Å². The first-order valence-corrected chi connectivity index (χ1v) is 9.15. The average molecular weight is 385 g/mol. The van der Waals surface area contributed by atoms with Gasteiger partial charge in [-0.15, -0.1) is 0 Å². The number of carboxylic acids is 1. The highest BCUT2D eigenvalue weighted by atomic mass is 32.2. The van der Waals surface area contributed by atoms with Crippen molar-refractivity contribution in [1.82, 2.24) is 0 Å². The number of hydrogen-bond donors (Lipinski definition) is 3. The van der Waals surface area contributed by atoms with Crippen LogP contribution in [0.3, 0.4) is 0 Å². The van der Waals surface area contributed by atoms with E-state index in [1.165, 1.54) is 30.3 Å². The summed E-state index contributed by atoms with van der Waals surface area (Å²) in [4.78, 5) is 10.9. The highest BCUT2D eigenvalue weighted by molar-refractivity contribution is 7.86. The van der Waals surface area contributed by atoms with Crippen molar-refractivity contribution in [2.45, 2.75) is 11.8 Å². The molecule has 0 unspecified atom stereocenters. The predicted octanol–water partition coefficient (Wildman–Crippen LogP) is 4.09. The minimum absolute atomic E-state index is 0.0888. The Balaban J connectivity index is 2.06. The number of aryl methyl sites for hydroxylation is 1. The minimum atomic E-state index is -4.41. The van der Waals surface area contributed by atoms with Gasteiger partial charge >= 0.3 is 5.97 Å². The molecule has 0 fully saturated rings. The molecule has 3 rings (SSSR count). The van der Waals surface area contributed by atoms with E-state index in [1.807, 2.05) is 0 Å². The van der Waals surface area contributed by atoms with Crippen molar-refractivity contribution >= 4 is 43.9 Å². The van der Waals surface area contributed by atoms with E-state index in [9.17, 15) is 17.8 Å². The lowest BCUT2D eigenvalue weighted by Gasteiger charge is -2.06. The first kappa shape index (κ1) is 18.5. The van der Waals surface area contributed by atoms with E-state index in [1.54, 1.807) is 25.1 Å². The molecule has 0 saturated heterocycles. The Labute approximate surface area is 154 Å². The zero-order valence-electron chi connectivity index (χ0n) is 14.1. The lowest BCUT2D eigenvalue weighted by molar-refractivity contribution is 0.0698. The monoisotopic (exact) mass is 385 g/mol. The van der Waals surface area contributed by atoms with Crippen molar-refractivity contribution in [1.29, 1.82) is 0 Å². The summed E-state index contributed by atoms with van der Waals surface area (Å²) in [5, 5.41) is 18.0. The summed E-state index contributed by atoms with van der Waals surface area (Å²) < 4.78 is 32.8. The largest absolute Gasteiger partial charge is 0.478 e. The highest BCUT2D eigenvalue weighted by Gasteiger charge is 2.15. The van der Waals surface area contributed by atoms with Gasteiger partial charge in [-0.2, -0.15) is 18.6 Å². The molecule has 0 radical (unpaired) electrons. The van der Waals surface area contributed by atoms with Crippen LogP contribution in [0.1, 0.15) is 15.9 Å². The Bertz CT molecular complexity index is 1200. The van der Waals surface area contributed by atoms with Crippen molar-refractivity contribution < 1.29 is 22.9 Å². The summed E-state index contributed by atoms with van der Waals surface area (Å²) in [7, 11) is -4.41. The van der Waals surface area contributed by atoms with Gasteiger partial charge in [0.25, 0.3) is 10.1 Å². The number of carboxylic acid groups (broad SMARTS) is 1. The van der Waals surface area contributed by atoms with Crippen LogP contribution in [0.25, 0.3) is 10.8 Å². The molecule has 138 valence electrons. The van der Waals surface area contributed by atoms with Gasteiger partial charge in [0.1, 0.15) is 4.90 Å². The zero-order valence-corrected chi connectivity index (χ0v) is 14.9. The maximum Gasteiger partial charge on any atom is 0.337 e. The molecule has 4 N–H and O–H groups in total. The van der Waals surface area contributed by atoms with Gasteiger partial charge in [0.15, 0.2) is 0 Å². The number of rotatable bonds is 4. The fraction of sp³-hybridized carbons (Fsp3) is 0.0556. The van der Waals surface area contributed by atoms with Gasteiger partial charge in [-0.3, -0.25) is 4.55 Å². The van der Waals surface area contributed by atoms with Gasteiger partial charge in [0.2, 0.25) is 0 Å². The van der Waals surface area contributed by atoms with E-state index in [2.05, 4.69) is 10.2 Å². The molecular weight excluding hydrogens is 370 g/mol. The molecule has 8 nitrogen and oxygen atoms in total. The van der Waals surface area contributed by atoms with Gasteiger partial charge in [-0.1, -0.05) is 12.1 Å². The number of carbonyl (C=O) groups is 1. The van der Waals surface area contributed by atoms with Gasteiger partial charge in [0.05, 0.1) is 16.9 Å². The second kappa shape index (κ2) is 6.78. The first-order chi connectivity index (χ1) is 12.6. The summed E-state index contributed by atoms with van der Waals surface area (Å²) in [5.74, 6) is -1.18. The summed E-state index contributed by atoms with van der Waals surface area (Å²) in [6.07, 6.45) is 0. The quantitative estimate of drug-likeness (QED) is 0.351. The van der Waals surface area contributed by atoms with Crippen molar-refractivity contribution in [3.05, 3.63) is 59.7 Å². The number of aromatic carboxylic acids is 1. The van der Waals surface area contributed by atoms with Gasteiger partial charge in [0, 0.05) is 11.1 Å². The fourth-order valence-corrected chi connectivity index (χ4v) is 3.43. The van der Waals surface area contributed by atoms with Crippen LogP contribution in [-0.4, -0.2) is 24.0 Å². The maximum atomic E-state index is 11.7. The first-order valence-electron chi connectivity index (χ1n) is 7.71. The Morgan fingerprint density at radius 2 is 1.63 bits per heavy atom. The van der Waals surface area contributed by atoms with Crippen LogP contribution in [0.15, 0.2) is 63.7 Å². The second-order valence-electron chi connectivity index (χ2n) is 5.92. The number of nitrogens with two attached hydrogens (primary N) is 1. The van der Waals surface area contributed by atoms with Crippen LogP contribution >= 0.6 is 0 Å². The Hall–Kier alpha value is -3.30. The molecule has 27 heavy (non-hydrogen) atoms. The van der Waals surface area contributed by atoms with Crippen LogP contribution in [0.5, 0.6) is 0 Å². The lowest BCUT2D eigenvalue weighted by Crippen LogP contribution is -2.01. The lowest BCUT2D eigenvalue weighted by atomic mass is 10.1. The predicted molar refractivity (Wildman–Crippen MR) is 100 cm³/mol. The van der Waals surface area contributed by atoms with Gasteiger partial charge < -0.3 is 10.8 Å². The van der Waals surface area contributed by atoms with Crippen molar-refractivity contribution in [2.24, 2.45) is 10.2 Å². The van der Waals surface area contributed by atoms with E-state index in [0.29, 0.717) is 22.0 Å². The molecule has 0 atom stereocenters. The molecule has 0 saturated carbocycles. The van der Waals surface area contributed by atoms with Crippen LogP contribution in [0, 0.1) is 6.92 Å². The van der Waals surface area contributed by atoms with Crippen LogP contribution < -0.4 is 5.73 Å². The minimum Gasteiger partial charge on any atom is -0.478 e.